The van der Waals surface area contributed by atoms with Crippen LogP contribution >= 0.6 is 0 Å². The number of nitrogens with zero attached hydrogens (tertiary/aromatic N) is 2. The van der Waals surface area contributed by atoms with Gasteiger partial charge in [-0.1, -0.05) is 0 Å². The highest BCUT2D eigenvalue weighted by atomic mass is 15.1. The zero-order chi connectivity index (χ0) is 10.5. The van der Waals surface area contributed by atoms with Crippen molar-refractivity contribution in [3.05, 3.63) is 18.0 Å². The highest BCUT2D eigenvalue weighted by molar-refractivity contribution is 5.24. The van der Waals surface area contributed by atoms with E-state index in [4.69, 9.17) is 0 Å². The predicted octanol–water partition coefficient (Wildman–Crippen LogP) is 1.34. The number of nitrogens with one attached hydrogen (secondary N) is 2. The quantitative estimate of drug-likeness (QED) is 0.780. The van der Waals surface area contributed by atoms with E-state index < -0.39 is 0 Å². The van der Waals surface area contributed by atoms with E-state index in [0.717, 1.165) is 24.6 Å². The minimum Gasteiger partial charge on any atom is -0.354 e. The van der Waals surface area contributed by atoms with E-state index in [1.165, 1.54) is 19.4 Å². The summed E-state index contributed by atoms with van der Waals surface area (Å²) >= 11 is 0. The standard InChI is InChI=1S/C11H18N4/c1-9-4-7-13-11(15-9)14-8-5-10-3-2-6-12-10/h4,7,10,12H,2-3,5-6,8H2,1H3,(H,13,14,15). The molecule has 2 rings (SSSR count). The Morgan fingerprint density at radius 2 is 2.53 bits per heavy atom. The van der Waals surface area contributed by atoms with Crippen molar-refractivity contribution >= 4 is 5.95 Å². The lowest BCUT2D eigenvalue weighted by Gasteiger charge is -2.10. The van der Waals surface area contributed by atoms with Crippen LogP contribution in [0.25, 0.3) is 0 Å². The molecule has 4 heteroatoms. The number of aryl methyl sites for hydroxylation is 1. The summed E-state index contributed by atoms with van der Waals surface area (Å²) in [7, 11) is 0. The van der Waals surface area contributed by atoms with E-state index in [2.05, 4.69) is 20.6 Å². The molecule has 0 radical (unpaired) electrons. The van der Waals surface area contributed by atoms with Gasteiger partial charge in [-0.2, -0.15) is 0 Å². The molecule has 0 aliphatic carbocycles. The van der Waals surface area contributed by atoms with Crippen molar-refractivity contribution in [3.8, 4) is 0 Å². The van der Waals surface area contributed by atoms with Crippen LogP contribution < -0.4 is 10.6 Å². The van der Waals surface area contributed by atoms with E-state index in [1.807, 2.05) is 13.0 Å². The number of rotatable bonds is 4. The molecule has 2 N–H and O–H groups in total. The van der Waals surface area contributed by atoms with Crippen LogP contribution in [0, 0.1) is 6.92 Å². The molecule has 1 unspecified atom stereocenters. The Hall–Kier alpha value is -1.16. The molecule has 15 heavy (non-hydrogen) atoms. The average Bonchev–Trinajstić information content (AvgIpc) is 2.71. The molecule has 4 nitrogen and oxygen atoms in total. The van der Waals surface area contributed by atoms with Crippen molar-refractivity contribution in [1.29, 1.82) is 0 Å². The first-order chi connectivity index (χ1) is 7.34. The molecular weight excluding hydrogens is 188 g/mol. The monoisotopic (exact) mass is 206 g/mol. The predicted molar refractivity (Wildman–Crippen MR) is 60.9 cm³/mol. The molecule has 1 aliphatic heterocycles. The second-order valence-corrected chi connectivity index (χ2v) is 4.03. The maximum absolute atomic E-state index is 4.29. The minimum atomic E-state index is 0.683. The Bertz CT molecular complexity index is 307. The maximum Gasteiger partial charge on any atom is 0.222 e. The van der Waals surface area contributed by atoms with Crippen molar-refractivity contribution < 1.29 is 0 Å². The van der Waals surface area contributed by atoms with Gasteiger partial charge in [-0.05, 0) is 38.8 Å². The zero-order valence-corrected chi connectivity index (χ0v) is 9.16. The normalized spacial score (nSPS) is 20.5. The van der Waals surface area contributed by atoms with Crippen molar-refractivity contribution in [2.24, 2.45) is 0 Å². The molecule has 1 atom stereocenters. The number of anilines is 1. The van der Waals surface area contributed by atoms with Gasteiger partial charge in [0.25, 0.3) is 0 Å². The summed E-state index contributed by atoms with van der Waals surface area (Å²) < 4.78 is 0. The van der Waals surface area contributed by atoms with Gasteiger partial charge >= 0.3 is 0 Å². The van der Waals surface area contributed by atoms with Gasteiger partial charge in [0.05, 0.1) is 0 Å². The molecular formula is C11H18N4. The van der Waals surface area contributed by atoms with Gasteiger partial charge in [-0.15, -0.1) is 0 Å². The fourth-order valence-electron chi connectivity index (χ4n) is 1.90. The summed E-state index contributed by atoms with van der Waals surface area (Å²) in [5, 5.41) is 6.72. The summed E-state index contributed by atoms with van der Waals surface area (Å²) in [6, 6.07) is 2.59. The molecule has 1 aromatic rings. The summed E-state index contributed by atoms with van der Waals surface area (Å²) in [6.45, 7) is 4.10. The number of aromatic nitrogens is 2. The fourth-order valence-corrected chi connectivity index (χ4v) is 1.90. The molecule has 2 heterocycles. The average molecular weight is 206 g/mol. The fraction of sp³-hybridized carbons (Fsp3) is 0.636. The second kappa shape index (κ2) is 5.07. The first kappa shape index (κ1) is 10.4. The van der Waals surface area contributed by atoms with Gasteiger partial charge < -0.3 is 10.6 Å². The molecule has 0 aromatic carbocycles. The van der Waals surface area contributed by atoms with Gasteiger partial charge in [0.1, 0.15) is 0 Å². The molecule has 1 fully saturated rings. The molecule has 1 aromatic heterocycles. The lowest BCUT2D eigenvalue weighted by molar-refractivity contribution is 0.573. The maximum atomic E-state index is 4.29. The second-order valence-electron chi connectivity index (χ2n) is 4.03. The van der Waals surface area contributed by atoms with Crippen molar-refractivity contribution in [3.63, 3.8) is 0 Å². The van der Waals surface area contributed by atoms with Crippen LogP contribution in [0.15, 0.2) is 12.3 Å². The molecule has 0 amide bonds. The highest BCUT2D eigenvalue weighted by Crippen LogP contribution is 2.08. The zero-order valence-electron chi connectivity index (χ0n) is 9.16. The molecule has 0 bridgehead atoms. The molecule has 1 saturated heterocycles. The summed E-state index contributed by atoms with van der Waals surface area (Å²) in [4.78, 5) is 8.46. The Morgan fingerprint density at radius 1 is 1.60 bits per heavy atom. The van der Waals surface area contributed by atoms with Crippen molar-refractivity contribution in [2.75, 3.05) is 18.4 Å². The Kier molecular flexibility index (Phi) is 3.50. The van der Waals surface area contributed by atoms with Crippen LogP contribution in [-0.4, -0.2) is 29.1 Å². The largest absolute Gasteiger partial charge is 0.354 e. The molecule has 0 saturated carbocycles. The molecule has 0 spiro atoms. The van der Waals surface area contributed by atoms with Crippen molar-refractivity contribution in [2.45, 2.75) is 32.2 Å². The van der Waals surface area contributed by atoms with E-state index >= 15 is 0 Å². The number of hydrogen-bond donors (Lipinski definition) is 2. The van der Waals surface area contributed by atoms with Gasteiger partial charge in [0.2, 0.25) is 5.95 Å². The third kappa shape index (κ3) is 3.16. The first-order valence-corrected chi connectivity index (χ1v) is 5.61. The Balaban J connectivity index is 1.73. The Morgan fingerprint density at radius 3 is 3.27 bits per heavy atom. The van der Waals surface area contributed by atoms with Crippen LogP contribution in [-0.2, 0) is 0 Å². The minimum absolute atomic E-state index is 0.683. The Labute approximate surface area is 90.5 Å². The summed E-state index contributed by atoms with van der Waals surface area (Å²) in [5.41, 5.74) is 1.01. The molecule has 1 aliphatic rings. The van der Waals surface area contributed by atoms with E-state index in [9.17, 15) is 0 Å². The van der Waals surface area contributed by atoms with Gasteiger partial charge in [0, 0.05) is 24.5 Å². The van der Waals surface area contributed by atoms with Gasteiger partial charge in [-0.3, -0.25) is 0 Å². The number of hydrogen-bond acceptors (Lipinski definition) is 4. The van der Waals surface area contributed by atoms with Crippen LogP contribution in [0.5, 0.6) is 0 Å². The topological polar surface area (TPSA) is 49.8 Å². The third-order valence-electron chi connectivity index (χ3n) is 2.73. The third-order valence-corrected chi connectivity index (χ3v) is 2.73. The van der Waals surface area contributed by atoms with Crippen LogP contribution in [0.1, 0.15) is 25.0 Å². The van der Waals surface area contributed by atoms with E-state index in [0.29, 0.717) is 6.04 Å². The van der Waals surface area contributed by atoms with Crippen LogP contribution in [0.3, 0.4) is 0 Å². The van der Waals surface area contributed by atoms with Gasteiger partial charge in [-0.25, -0.2) is 9.97 Å². The van der Waals surface area contributed by atoms with E-state index in [-0.39, 0.29) is 0 Å². The summed E-state index contributed by atoms with van der Waals surface area (Å²) in [6.07, 6.45) is 5.55. The van der Waals surface area contributed by atoms with Crippen molar-refractivity contribution in [1.82, 2.24) is 15.3 Å². The summed E-state index contributed by atoms with van der Waals surface area (Å²) in [5.74, 6) is 0.744. The van der Waals surface area contributed by atoms with Crippen LogP contribution in [0.2, 0.25) is 0 Å². The smallest absolute Gasteiger partial charge is 0.222 e. The SMILES string of the molecule is Cc1ccnc(NCCC2CCCN2)n1. The van der Waals surface area contributed by atoms with Gasteiger partial charge in [0.15, 0.2) is 0 Å². The lowest BCUT2D eigenvalue weighted by Crippen LogP contribution is -2.24. The highest BCUT2D eigenvalue weighted by Gasteiger charge is 2.12. The first-order valence-electron chi connectivity index (χ1n) is 5.61. The lowest BCUT2D eigenvalue weighted by atomic mass is 10.1. The molecule has 82 valence electrons. The van der Waals surface area contributed by atoms with E-state index in [1.54, 1.807) is 6.20 Å². The van der Waals surface area contributed by atoms with Crippen LogP contribution in [0.4, 0.5) is 5.95 Å².